The Morgan fingerprint density at radius 1 is 1.50 bits per heavy atom. The third kappa shape index (κ3) is 1.85. The van der Waals surface area contributed by atoms with Crippen molar-refractivity contribution >= 4 is 5.97 Å². The SMILES string of the molecule is O=C(O)C(F)C(O)O. The van der Waals surface area contributed by atoms with Crippen molar-refractivity contribution in [3.63, 3.8) is 0 Å². The predicted molar refractivity (Wildman–Crippen MR) is 20.8 cm³/mol. The van der Waals surface area contributed by atoms with E-state index in [2.05, 4.69) is 0 Å². The summed E-state index contributed by atoms with van der Waals surface area (Å²) in [6.07, 6.45) is -5.03. The average molecular weight is 124 g/mol. The van der Waals surface area contributed by atoms with Crippen molar-refractivity contribution in [3.05, 3.63) is 0 Å². The van der Waals surface area contributed by atoms with Gasteiger partial charge in [0, 0.05) is 0 Å². The first-order valence-electron chi connectivity index (χ1n) is 1.78. The molecule has 5 heteroatoms. The Labute approximate surface area is 44.2 Å². The maximum absolute atomic E-state index is 11.5. The van der Waals surface area contributed by atoms with Crippen molar-refractivity contribution in [3.8, 4) is 0 Å². The molecule has 0 rings (SSSR count). The highest BCUT2D eigenvalue weighted by atomic mass is 19.1. The smallest absolute Gasteiger partial charge is 0.343 e. The van der Waals surface area contributed by atoms with E-state index in [0.29, 0.717) is 0 Å². The Morgan fingerprint density at radius 2 is 1.88 bits per heavy atom. The molecule has 0 aromatic rings. The van der Waals surface area contributed by atoms with Gasteiger partial charge in [-0.1, -0.05) is 0 Å². The number of aliphatic carboxylic acids is 1. The summed E-state index contributed by atoms with van der Waals surface area (Å²) >= 11 is 0. The molecule has 0 amide bonds. The Morgan fingerprint density at radius 3 is 1.88 bits per heavy atom. The number of rotatable bonds is 2. The molecule has 1 unspecified atom stereocenters. The summed E-state index contributed by atoms with van der Waals surface area (Å²) in [6, 6.07) is 0. The van der Waals surface area contributed by atoms with Crippen molar-refractivity contribution in [1.82, 2.24) is 0 Å². The van der Waals surface area contributed by atoms with E-state index in [9.17, 15) is 9.18 Å². The molecule has 0 spiro atoms. The molecule has 8 heavy (non-hydrogen) atoms. The largest absolute Gasteiger partial charge is 0.479 e. The second-order valence-electron chi connectivity index (χ2n) is 1.15. The third-order valence-electron chi connectivity index (χ3n) is 0.498. The van der Waals surface area contributed by atoms with Crippen molar-refractivity contribution in [2.45, 2.75) is 12.5 Å². The molecule has 0 fully saturated rings. The molecule has 3 N–H and O–H groups in total. The summed E-state index contributed by atoms with van der Waals surface area (Å²) in [5.74, 6) is -1.87. The van der Waals surface area contributed by atoms with Crippen molar-refractivity contribution in [1.29, 1.82) is 0 Å². The normalized spacial score (nSPS) is 14.0. The first-order chi connectivity index (χ1) is 3.55. The fraction of sp³-hybridized carbons (Fsp3) is 0.667. The fourth-order valence-electron chi connectivity index (χ4n) is 0.128. The molecule has 0 saturated heterocycles. The minimum absolute atomic E-state index is 1.87. The van der Waals surface area contributed by atoms with Gasteiger partial charge in [0.15, 0.2) is 6.29 Å². The number of alkyl halides is 1. The molecule has 0 aliphatic carbocycles. The lowest BCUT2D eigenvalue weighted by atomic mass is 10.4. The number of halogens is 1. The van der Waals surface area contributed by atoms with Crippen LogP contribution in [0, 0.1) is 0 Å². The van der Waals surface area contributed by atoms with Crippen LogP contribution >= 0.6 is 0 Å². The van der Waals surface area contributed by atoms with Gasteiger partial charge in [0.05, 0.1) is 0 Å². The fourth-order valence-corrected chi connectivity index (χ4v) is 0.128. The molecule has 0 aromatic carbocycles. The lowest BCUT2D eigenvalue weighted by Crippen LogP contribution is -2.29. The van der Waals surface area contributed by atoms with E-state index in [4.69, 9.17) is 15.3 Å². The third-order valence-corrected chi connectivity index (χ3v) is 0.498. The van der Waals surface area contributed by atoms with E-state index >= 15 is 0 Å². The Balaban J connectivity index is 3.64. The molecule has 0 aromatic heterocycles. The van der Waals surface area contributed by atoms with Crippen LogP contribution in [0.1, 0.15) is 0 Å². The van der Waals surface area contributed by atoms with Crippen LogP contribution in [0.3, 0.4) is 0 Å². The molecule has 1 atom stereocenters. The van der Waals surface area contributed by atoms with Crippen LogP contribution in [-0.4, -0.2) is 33.8 Å². The standard InChI is InChI=1S/C3H5FO4/c4-1(2(5)6)3(7)8/h1-2,5-6H,(H,7,8). The summed E-state index contributed by atoms with van der Waals surface area (Å²) in [5.41, 5.74) is 0. The molecule has 0 heterocycles. The zero-order chi connectivity index (χ0) is 6.73. The Bertz CT molecular complexity index is 91.3. The van der Waals surface area contributed by atoms with Gasteiger partial charge < -0.3 is 15.3 Å². The van der Waals surface area contributed by atoms with Crippen LogP contribution in [-0.2, 0) is 4.79 Å². The minimum atomic E-state index is -2.60. The van der Waals surface area contributed by atoms with Crippen molar-refractivity contribution < 1.29 is 24.5 Å². The molecule has 0 radical (unpaired) electrons. The van der Waals surface area contributed by atoms with E-state index < -0.39 is 18.4 Å². The van der Waals surface area contributed by atoms with Gasteiger partial charge in [-0.25, -0.2) is 9.18 Å². The second kappa shape index (κ2) is 2.58. The number of carboxylic acid groups (broad SMARTS) is 1. The quantitative estimate of drug-likeness (QED) is 0.400. The van der Waals surface area contributed by atoms with Gasteiger partial charge >= 0.3 is 5.97 Å². The van der Waals surface area contributed by atoms with Gasteiger partial charge in [-0.2, -0.15) is 0 Å². The molecule has 0 saturated carbocycles. The summed E-state index contributed by atoms with van der Waals surface area (Å²) in [7, 11) is 0. The number of hydrogen-bond acceptors (Lipinski definition) is 3. The van der Waals surface area contributed by atoms with Gasteiger partial charge in [0.25, 0.3) is 0 Å². The molecule has 0 bridgehead atoms. The first-order valence-corrected chi connectivity index (χ1v) is 1.78. The van der Waals surface area contributed by atoms with E-state index in [1.54, 1.807) is 0 Å². The number of carboxylic acids is 1. The highest BCUT2D eigenvalue weighted by Gasteiger charge is 2.22. The maximum atomic E-state index is 11.5. The van der Waals surface area contributed by atoms with Crippen molar-refractivity contribution in [2.75, 3.05) is 0 Å². The first kappa shape index (κ1) is 7.32. The summed E-state index contributed by atoms with van der Waals surface area (Å²) in [6.45, 7) is 0. The van der Waals surface area contributed by atoms with Crippen LogP contribution in [0.5, 0.6) is 0 Å². The maximum Gasteiger partial charge on any atom is 0.343 e. The highest BCUT2D eigenvalue weighted by Crippen LogP contribution is 1.93. The number of aliphatic hydroxyl groups excluding tert-OH is 1. The summed E-state index contributed by atoms with van der Waals surface area (Å²) in [4.78, 5) is 9.45. The van der Waals surface area contributed by atoms with Crippen LogP contribution in [0.25, 0.3) is 0 Å². The molecule has 0 aliphatic rings. The molecular formula is C3H5FO4. The van der Waals surface area contributed by atoms with Crippen LogP contribution in [0.15, 0.2) is 0 Å². The lowest BCUT2D eigenvalue weighted by molar-refractivity contribution is -0.160. The number of hydrogen-bond donors (Lipinski definition) is 3. The number of aliphatic hydroxyl groups is 2. The monoisotopic (exact) mass is 124 g/mol. The van der Waals surface area contributed by atoms with Crippen molar-refractivity contribution in [2.24, 2.45) is 0 Å². The topological polar surface area (TPSA) is 77.8 Å². The van der Waals surface area contributed by atoms with Gasteiger partial charge in [-0.3, -0.25) is 0 Å². The average Bonchev–Trinajstić information content (AvgIpc) is 1.64. The van der Waals surface area contributed by atoms with Gasteiger partial charge in [-0.05, 0) is 0 Å². The van der Waals surface area contributed by atoms with Crippen LogP contribution in [0.2, 0.25) is 0 Å². The molecule has 48 valence electrons. The van der Waals surface area contributed by atoms with Gasteiger partial charge in [0.2, 0.25) is 6.17 Å². The van der Waals surface area contributed by atoms with Crippen LogP contribution in [0.4, 0.5) is 4.39 Å². The van der Waals surface area contributed by atoms with Gasteiger partial charge in [-0.15, -0.1) is 0 Å². The molecule has 0 aliphatic heterocycles. The zero-order valence-corrected chi connectivity index (χ0v) is 3.78. The van der Waals surface area contributed by atoms with Gasteiger partial charge in [0.1, 0.15) is 0 Å². The van der Waals surface area contributed by atoms with Crippen LogP contribution < -0.4 is 0 Å². The lowest BCUT2D eigenvalue weighted by Gasteiger charge is -2.01. The highest BCUT2D eigenvalue weighted by molar-refractivity contribution is 5.72. The molecule has 4 nitrogen and oxygen atoms in total. The second-order valence-corrected chi connectivity index (χ2v) is 1.15. The van der Waals surface area contributed by atoms with E-state index in [1.807, 2.05) is 0 Å². The predicted octanol–water partition coefficient (Wildman–Crippen LogP) is -1.28. The Kier molecular flexibility index (Phi) is 2.36. The minimum Gasteiger partial charge on any atom is -0.479 e. The summed E-state index contributed by atoms with van der Waals surface area (Å²) in [5, 5.41) is 23.2. The number of carbonyl (C=O) groups is 1. The molecular weight excluding hydrogens is 119 g/mol. The zero-order valence-electron chi connectivity index (χ0n) is 3.78. The Hall–Kier alpha value is -0.680. The van der Waals surface area contributed by atoms with E-state index in [1.165, 1.54) is 0 Å². The summed E-state index contributed by atoms with van der Waals surface area (Å²) < 4.78 is 11.5. The van der Waals surface area contributed by atoms with E-state index in [0.717, 1.165) is 0 Å². The van der Waals surface area contributed by atoms with E-state index in [-0.39, 0.29) is 0 Å².